The molecule has 2 rings (SSSR count). The molecule has 1 fully saturated rings. The molecule has 0 amide bonds. The number of rotatable bonds is 8. The maximum Gasteiger partial charge on any atom is 0.191 e. The predicted molar refractivity (Wildman–Crippen MR) is 103 cm³/mol. The van der Waals surface area contributed by atoms with Gasteiger partial charge in [-0.2, -0.15) is 0 Å². The Morgan fingerprint density at radius 3 is 2.76 bits per heavy atom. The molecule has 0 spiro atoms. The first-order valence-corrected chi connectivity index (χ1v) is 9.21. The lowest BCUT2D eigenvalue weighted by Gasteiger charge is -2.33. The average molecular weight is 348 g/mol. The second kappa shape index (κ2) is 10.9. The average Bonchev–Trinajstić information content (AvgIpc) is 2.64. The number of pyridine rings is 1. The van der Waals surface area contributed by atoms with E-state index >= 15 is 0 Å². The van der Waals surface area contributed by atoms with Gasteiger partial charge in [0.15, 0.2) is 5.96 Å². The fourth-order valence-corrected chi connectivity index (χ4v) is 2.67. The van der Waals surface area contributed by atoms with Gasteiger partial charge in [0, 0.05) is 52.1 Å². The van der Waals surface area contributed by atoms with Crippen molar-refractivity contribution in [1.29, 1.82) is 0 Å². The first-order chi connectivity index (χ1) is 12.2. The lowest BCUT2D eigenvalue weighted by atomic mass is 10.2. The molecule has 1 aliphatic rings. The summed E-state index contributed by atoms with van der Waals surface area (Å²) in [7, 11) is 2.16. The quantitative estimate of drug-likeness (QED) is 0.414. The molecule has 1 aliphatic heterocycles. The maximum atomic E-state index is 5.35. The number of hydrogen-bond donors (Lipinski definition) is 2. The topological polar surface area (TPSA) is 65.0 Å². The van der Waals surface area contributed by atoms with Gasteiger partial charge >= 0.3 is 0 Å². The summed E-state index contributed by atoms with van der Waals surface area (Å²) in [6.07, 6.45) is 1.88. The Morgan fingerprint density at radius 2 is 2.04 bits per heavy atom. The number of piperazine rings is 1. The number of likely N-dealkylation sites (N-methyl/N-ethyl adjacent to an activating group) is 1. The molecule has 1 aromatic heterocycles. The van der Waals surface area contributed by atoms with Crippen molar-refractivity contribution in [3.05, 3.63) is 23.9 Å². The van der Waals surface area contributed by atoms with E-state index in [1.54, 1.807) is 0 Å². The largest absolute Gasteiger partial charge is 0.380 e. The Kier molecular flexibility index (Phi) is 8.48. The van der Waals surface area contributed by atoms with Crippen molar-refractivity contribution in [2.45, 2.75) is 20.4 Å². The SMILES string of the molecule is CCNC(=NCc1ccnc(N2CCN(C)CC2)c1)NCCOCC. The van der Waals surface area contributed by atoms with Crippen LogP contribution in [0, 0.1) is 0 Å². The maximum absolute atomic E-state index is 5.35. The standard InChI is InChI=1S/C18H32N6O/c1-4-19-18(21-8-13-25-5-2)22-15-16-6-7-20-17(14-16)24-11-9-23(3)10-12-24/h6-7,14H,4-5,8-13,15H2,1-3H3,(H2,19,21,22). The van der Waals surface area contributed by atoms with Gasteiger partial charge in [-0.3, -0.25) is 0 Å². The van der Waals surface area contributed by atoms with E-state index in [4.69, 9.17) is 4.74 Å². The van der Waals surface area contributed by atoms with E-state index in [0.717, 1.165) is 57.7 Å². The third kappa shape index (κ3) is 6.88. The molecule has 7 heteroatoms. The van der Waals surface area contributed by atoms with Crippen LogP contribution in [0.3, 0.4) is 0 Å². The van der Waals surface area contributed by atoms with E-state index in [2.05, 4.69) is 50.4 Å². The van der Waals surface area contributed by atoms with Crippen LogP contribution in [0.2, 0.25) is 0 Å². The summed E-state index contributed by atoms with van der Waals surface area (Å²) < 4.78 is 5.35. The zero-order chi connectivity index (χ0) is 17.9. The molecule has 0 aromatic carbocycles. The third-order valence-electron chi connectivity index (χ3n) is 4.14. The summed E-state index contributed by atoms with van der Waals surface area (Å²) in [5.41, 5.74) is 1.17. The zero-order valence-corrected chi connectivity index (χ0v) is 15.8. The minimum absolute atomic E-state index is 0.632. The summed E-state index contributed by atoms with van der Waals surface area (Å²) >= 11 is 0. The van der Waals surface area contributed by atoms with Gasteiger partial charge in [0.1, 0.15) is 5.82 Å². The van der Waals surface area contributed by atoms with Gasteiger partial charge in [-0.1, -0.05) is 0 Å². The van der Waals surface area contributed by atoms with Gasteiger partial charge in [0.05, 0.1) is 13.2 Å². The highest BCUT2D eigenvalue weighted by atomic mass is 16.5. The molecule has 0 bridgehead atoms. The monoisotopic (exact) mass is 348 g/mol. The number of nitrogens with zero attached hydrogens (tertiary/aromatic N) is 4. The number of hydrogen-bond acceptors (Lipinski definition) is 5. The Bertz CT molecular complexity index is 528. The van der Waals surface area contributed by atoms with Crippen molar-refractivity contribution in [2.24, 2.45) is 4.99 Å². The van der Waals surface area contributed by atoms with Crippen LogP contribution in [-0.4, -0.2) is 75.4 Å². The highest BCUT2D eigenvalue weighted by Gasteiger charge is 2.15. The van der Waals surface area contributed by atoms with Crippen molar-refractivity contribution in [2.75, 3.05) is 64.4 Å². The van der Waals surface area contributed by atoms with Crippen molar-refractivity contribution >= 4 is 11.8 Å². The number of aromatic nitrogens is 1. The minimum atomic E-state index is 0.632. The van der Waals surface area contributed by atoms with Gasteiger partial charge in [0.25, 0.3) is 0 Å². The van der Waals surface area contributed by atoms with E-state index in [1.165, 1.54) is 5.56 Å². The fraction of sp³-hybridized carbons (Fsp3) is 0.667. The first-order valence-electron chi connectivity index (χ1n) is 9.21. The molecule has 0 radical (unpaired) electrons. The molecule has 7 nitrogen and oxygen atoms in total. The molecular weight excluding hydrogens is 316 g/mol. The molecule has 25 heavy (non-hydrogen) atoms. The van der Waals surface area contributed by atoms with Crippen molar-refractivity contribution in [3.8, 4) is 0 Å². The lowest BCUT2D eigenvalue weighted by Crippen LogP contribution is -2.44. The summed E-state index contributed by atoms with van der Waals surface area (Å²) in [4.78, 5) is 13.9. The molecular formula is C18H32N6O. The molecule has 140 valence electrons. The van der Waals surface area contributed by atoms with Gasteiger partial charge in [-0.25, -0.2) is 9.98 Å². The summed E-state index contributed by atoms with van der Waals surface area (Å²) in [5.74, 6) is 1.87. The normalized spacial score (nSPS) is 16.1. The second-order valence-corrected chi connectivity index (χ2v) is 6.13. The predicted octanol–water partition coefficient (Wildman–Crippen LogP) is 0.925. The van der Waals surface area contributed by atoms with E-state index in [0.29, 0.717) is 13.2 Å². The highest BCUT2D eigenvalue weighted by Crippen LogP contribution is 2.15. The van der Waals surface area contributed by atoms with E-state index in [-0.39, 0.29) is 0 Å². The second-order valence-electron chi connectivity index (χ2n) is 6.13. The van der Waals surface area contributed by atoms with Gasteiger partial charge in [0.2, 0.25) is 0 Å². The Labute approximate surface area is 151 Å². The number of nitrogens with one attached hydrogen (secondary N) is 2. The number of ether oxygens (including phenoxy) is 1. The Morgan fingerprint density at radius 1 is 1.24 bits per heavy atom. The Hall–Kier alpha value is -1.86. The van der Waals surface area contributed by atoms with Crippen LogP contribution in [0.1, 0.15) is 19.4 Å². The highest BCUT2D eigenvalue weighted by molar-refractivity contribution is 5.79. The summed E-state index contributed by atoms with van der Waals surface area (Å²) in [5, 5.41) is 6.56. The summed E-state index contributed by atoms with van der Waals surface area (Å²) in [6.45, 7) is 11.9. The fourth-order valence-electron chi connectivity index (χ4n) is 2.67. The first kappa shape index (κ1) is 19.5. The number of guanidine groups is 1. The molecule has 2 heterocycles. The molecule has 0 unspecified atom stereocenters. The van der Waals surface area contributed by atoms with E-state index in [9.17, 15) is 0 Å². The Balaban J connectivity index is 1.92. The molecule has 0 saturated carbocycles. The van der Waals surface area contributed by atoms with E-state index in [1.807, 2.05) is 19.2 Å². The molecule has 1 saturated heterocycles. The molecule has 2 N–H and O–H groups in total. The van der Waals surface area contributed by atoms with Crippen molar-refractivity contribution in [3.63, 3.8) is 0 Å². The van der Waals surface area contributed by atoms with Crippen LogP contribution < -0.4 is 15.5 Å². The smallest absolute Gasteiger partial charge is 0.191 e. The van der Waals surface area contributed by atoms with Crippen molar-refractivity contribution in [1.82, 2.24) is 20.5 Å². The van der Waals surface area contributed by atoms with Crippen LogP contribution >= 0.6 is 0 Å². The molecule has 0 aliphatic carbocycles. The van der Waals surface area contributed by atoms with Crippen LogP contribution in [0.15, 0.2) is 23.3 Å². The van der Waals surface area contributed by atoms with Gasteiger partial charge in [-0.05, 0) is 38.6 Å². The third-order valence-corrected chi connectivity index (χ3v) is 4.14. The number of anilines is 1. The molecule has 1 aromatic rings. The van der Waals surface area contributed by atoms with Crippen LogP contribution in [0.4, 0.5) is 5.82 Å². The van der Waals surface area contributed by atoms with Crippen LogP contribution in [-0.2, 0) is 11.3 Å². The van der Waals surface area contributed by atoms with Crippen LogP contribution in [0.25, 0.3) is 0 Å². The van der Waals surface area contributed by atoms with Crippen molar-refractivity contribution < 1.29 is 4.74 Å². The molecule has 0 atom stereocenters. The number of aliphatic imine (C=N–C) groups is 1. The minimum Gasteiger partial charge on any atom is -0.380 e. The zero-order valence-electron chi connectivity index (χ0n) is 15.8. The lowest BCUT2D eigenvalue weighted by molar-refractivity contribution is 0.152. The van der Waals surface area contributed by atoms with Gasteiger partial charge < -0.3 is 25.2 Å². The summed E-state index contributed by atoms with van der Waals surface area (Å²) in [6, 6.07) is 4.19. The van der Waals surface area contributed by atoms with Crippen LogP contribution in [0.5, 0.6) is 0 Å². The van der Waals surface area contributed by atoms with Gasteiger partial charge in [-0.15, -0.1) is 0 Å². The van der Waals surface area contributed by atoms with E-state index < -0.39 is 0 Å².